The van der Waals surface area contributed by atoms with E-state index in [1.807, 2.05) is 24.0 Å². The Hall–Kier alpha value is -1.95. The molecule has 2 heterocycles. The first-order valence-corrected chi connectivity index (χ1v) is 8.31. The Labute approximate surface area is 153 Å². The van der Waals surface area contributed by atoms with Gasteiger partial charge >= 0.3 is 0 Å². The highest BCUT2D eigenvalue weighted by atomic mass is 35.5. The van der Waals surface area contributed by atoms with Crippen LogP contribution in [0, 0.1) is 5.82 Å². The maximum Gasteiger partial charge on any atom is 0.123 e. The van der Waals surface area contributed by atoms with Crippen molar-refractivity contribution in [1.82, 2.24) is 19.8 Å². The van der Waals surface area contributed by atoms with Gasteiger partial charge in [-0.3, -0.25) is 4.90 Å². The number of benzene rings is 2. The summed E-state index contributed by atoms with van der Waals surface area (Å²) in [4.78, 5) is 6.86. The molecule has 1 saturated heterocycles. The Morgan fingerprint density at radius 2 is 2.12 bits per heavy atom. The first-order chi connectivity index (χ1) is 11.7. The molecule has 1 N–H and O–H groups in total. The third-order valence-corrected chi connectivity index (χ3v) is 4.76. The lowest BCUT2D eigenvalue weighted by Gasteiger charge is -2.36. The van der Waals surface area contributed by atoms with Crippen LogP contribution < -0.4 is 5.32 Å². The molecule has 0 spiro atoms. The molecule has 1 atom stereocenters. The van der Waals surface area contributed by atoms with E-state index in [0.29, 0.717) is 0 Å². The van der Waals surface area contributed by atoms with E-state index in [9.17, 15) is 4.39 Å². The molecule has 0 saturated carbocycles. The van der Waals surface area contributed by atoms with E-state index < -0.39 is 0 Å². The van der Waals surface area contributed by atoms with E-state index in [4.69, 9.17) is 0 Å². The third-order valence-electron chi connectivity index (χ3n) is 4.76. The molecule has 6 heteroatoms. The van der Waals surface area contributed by atoms with E-state index in [-0.39, 0.29) is 24.3 Å². The SMILES string of the molecule is Cl.Cn1cnc2cc(CN3CCNCC3c3cccc(F)c3)ccc21. The normalized spacial score (nSPS) is 18.2. The van der Waals surface area contributed by atoms with Crippen molar-refractivity contribution in [1.29, 1.82) is 0 Å². The summed E-state index contributed by atoms with van der Waals surface area (Å²) in [6.07, 6.45) is 1.84. The van der Waals surface area contributed by atoms with Gasteiger partial charge in [0.1, 0.15) is 5.82 Å². The van der Waals surface area contributed by atoms with Crippen LogP contribution in [0.2, 0.25) is 0 Å². The van der Waals surface area contributed by atoms with Gasteiger partial charge in [0.15, 0.2) is 0 Å². The fourth-order valence-corrected chi connectivity index (χ4v) is 3.49. The Balaban J connectivity index is 0.00000182. The molecular weight excluding hydrogens is 339 g/mol. The summed E-state index contributed by atoms with van der Waals surface area (Å²) in [7, 11) is 2.01. The molecule has 132 valence electrons. The van der Waals surface area contributed by atoms with Gasteiger partial charge < -0.3 is 9.88 Å². The number of fused-ring (bicyclic) bond motifs is 1. The summed E-state index contributed by atoms with van der Waals surface area (Å²) in [5.74, 6) is -0.173. The molecule has 25 heavy (non-hydrogen) atoms. The third kappa shape index (κ3) is 3.68. The summed E-state index contributed by atoms with van der Waals surface area (Å²) in [6.45, 7) is 3.59. The Kier molecular flexibility index (Phi) is 5.37. The molecule has 1 aliphatic rings. The van der Waals surface area contributed by atoms with E-state index in [0.717, 1.165) is 42.8 Å². The summed E-state index contributed by atoms with van der Waals surface area (Å²) >= 11 is 0. The lowest BCUT2D eigenvalue weighted by molar-refractivity contribution is 0.153. The van der Waals surface area contributed by atoms with Crippen molar-refractivity contribution in [2.24, 2.45) is 7.05 Å². The zero-order valence-corrected chi connectivity index (χ0v) is 15.0. The van der Waals surface area contributed by atoms with E-state index >= 15 is 0 Å². The van der Waals surface area contributed by atoms with E-state index in [1.54, 1.807) is 12.1 Å². The van der Waals surface area contributed by atoms with Gasteiger partial charge in [0.05, 0.1) is 17.4 Å². The summed E-state index contributed by atoms with van der Waals surface area (Å²) in [5, 5.41) is 3.42. The molecule has 1 unspecified atom stereocenters. The van der Waals surface area contributed by atoms with Gasteiger partial charge in [0, 0.05) is 39.3 Å². The predicted octanol–water partition coefficient (Wildman–Crippen LogP) is 3.28. The van der Waals surface area contributed by atoms with Crippen LogP contribution >= 0.6 is 12.4 Å². The molecule has 3 aromatic rings. The van der Waals surface area contributed by atoms with Crippen molar-refractivity contribution in [3.63, 3.8) is 0 Å². The number of piperazine rings is 1. The second-order valence-corrected chi connectivity index (χ2v) is 6.42. The van der Waals surface area contributed by atoms with Crippen LogP contribution in [-0.2, 0) is 13.6 Å². The highest BCUT2D eigenvalue weighted by Gasteiger charge is 2.24. The van der Waals surface area contributed by atoms with Crippen molar-refractivity contribution < 1.29 is 4.39 Å². The first-order valence-electron chi connectivity index (χ1n) is 8.31. The number of halogens is 2. The van der Waals surface area contributed by atoms with Gasteiger partial charge in [-0.25, -0.2) is 9.37 Å². The number of imidazole rings is 1. The average Bonchev–Trinajstić information content (AvgIpc) is 2.96. The maximum atomic E-state index is 13.6. The fourth-order valence-electron chi connectivity index (χ4n) is 3.49. The molecule has 0 radical (unpaired) electrons. The highest BCUT2D eigenvalue weighted by molar-refractivity contribution is 5.85. The average molecular weight is 361 g/mol. The molecule has 1 aliphatic heterocycles. The van der Waals surface area contributed by atoms with Gasteiger partial charge in [0.2, 0.25) is 0 Å². The van der Waals surface area contributed by atoms with Gasteiger partial charge in [-0.1, -0.05) is 18.2 Å². The smallest absolute Gasteiger partial charge is 0.123 e. The molecule has 0 aliphatic carbocycles. The monoisotopic (exact) mass is 360 g/mol. The van der Waals surface area contributed by atoms with E-state index in [1.165, 1.54) is 11.6 Å². The van der Waals surface area contributed by atoms with Crippen molar-refractivity contribution in [3.8, 4) is 0 Å². The quantitative estimate of drug-likeness (QED) is 0.778. The summed E-state index contributed by atoms with van der Waals surface area (Å²) in [6, 6.07) is 13.6. The number of hydrogen-bond acceptors (Lipinski definition) is 3. The predicted molar refractivity (Wildman–Crippen MR) is 100 cm³/mol. The van der Waals surface area contributed by atoms with Crippen molar-refractivity contribution in [3.05, 3.63) is 65.7 Å². The topological polar surface area (TPSA) is 33.1 Å². The van der Waals surface area contributed by atoms with Crippen LogP contribution in [0.25, 0.3) is 11.0 Å². The zero-order valence-electron chi connectivity index (χ0n) is 14.2. The fraction of sp³-hybridized carbons (Fsp3) is 0.316. The van der Waals surface area contributed by atoms with Crippen LogP contribution in [-0.4, -0.2) is 34.1 Å². The number of hydrogen-bond donors (Lipinski definition) is 1. The van der Waals surface area contributed by atoms with Crippen molar-refractivity contribution >= 4 is 23.4 Å². The highest BCUT2D eigenvalue weighted by Crippen LogP contribution is 2.25. The molecule has 0 amide bonds. The lowest BCUT2D eigenvalue weighted by atomic mass is 10.0. The Morgan fingerprint density at radius 3 is 2.96 bits per heavy atom. The molecule has 1 aromatic heterocycles. The minimum absolute atomic E-state index is 0. The molecule has 2 aromatic carbocycles. The molecule has 4 rings (SSSR count). The van der Waals surface area contributed by atoms with Crippen LogP contribution in [0.15, 0.2) is 48.8 Å². The molecule has 1 fully saturated rings. The minimum atomic E-state index is -0.173. The van der Waals surface area contributed by atoms with Crippen molar-refractivity contribution in [2.75, 3.05) is 19.6 Å². The number of aryl methyl sites for hydroxylation is 1. The van der Waals surface area contributed by atoms with Crippen LogP contribution in [0.1, 0.15) is 17.2 Å². The van der Waals surface area contributed by atoms with Crippen LogP contribution in [0.4, 0.5) is 4.39 Å². The van der Waals surface area contributed by atoms with E-state index in [2.05, 4.69) is 33.4 Å². The minimum Gasteiger partial charge on any atom is -0.334 e. The molecule has 0 bridgehead atoms. The Morgan fingerprint density at radius 1 is 1.24 bits per heavy atom. The Bertz CT molecular complexity index is 864. The lowest BCUT2D eigenvalue weighted by Crippen LogP contribution is -2.45. The van der Waals surface area contributed by atoms with Crippen LogP contribution in [0.5, 0.6) is 0 Å². The van der Waals surface area contributed by atoms with Gasteiger partial charge in [-0.05, 0) is 35.4 Å². The first kappa shape index (κ1) is 17.9. The number of aromatic nitrogens is 2. The number of nitrogens with zero attached hydrogens (tertiary/aromatic N) is 3. The number of nitrogens with one attached hydrogen (secondary N) is 1. The second kappa shape index (κ2) is 7.52. The molecular formula is C19H22ClFN4. The van der Waals surface area contributed by atoms with Gasteiger partial charge in [0.25, 0.3) is 0 Å². The maximum absolute atomic E-state index is 13.6. The van der Waals surface area contributed by atoms with Gasteiger partial charge in [-0.15, -0.1) is 12.4 Å². The standard InChI is InChI=1S/C19H21FN4.ClH/c1-23-13-22-17-9-14(5-6-18(17)23)12-24-8-7-21-11-19(24)15-3-2-4-16(20)10-15;/h2-6,9-10,13,19,21H,7-8,11-12H2,1H3;1H. The summed E-state index contributed by atoms with van der Waals surface area (Å²) < 4.78 is 15.6. The number of rotatable bonds is 3. The van der Waals surface area contributed by atoms with Crippen molar-refractivity contribution in [2.45, 2.75) is 12.6 Å². The second-order valence-electron chi connectivity index (χ2n) is 6.42. The van der Waals surface area contributed by atoms with Crippen LogP contribution in [0.3, 0.4) is 0 Å². The van der Waals surface area contributed by atoms with Gasteiger partial charge in [-0.2, -0.15) is 0 Å². The summed E-state index contributed by atoms with van der Waals surface area (Å²) in [5.41, 5.74) is 4.43. The molecule has 4 nitrogen and oxygen atoms in total. The zero-order chi connectivity index (χ0) is 16.5. The largest absolute Gasteiger partial charge is 0.334 e.